The van der Waals surface area contributed by atoms with Crippen molar-refractivity contribution in [3.05, 3.63) is 35.1 Å². The number of H-pyrrole nitrogens is 1. The highest BCUT2D eigenvalue weighted by molar-refractivity contribution is 6.30. The number of nitrogens with one attached hydrogen (secondary N) is 2. The second kappa shape index (κ2) is 4.25. The molecule has 0 amide bonds. The highest BCUT2D eigenvalue weighted by Gasteiger charge is 2.35. The van der Waals surface area contributed by atoms with Gasteiger partial charge in [-0.1, -0.05) is 11.6 Å². The van der Waals surface area contributed by atoms with Crippen LogP contribution in [0.3, 0.4) is 0 Å². The number of aromatic nitrogens is 3. The molecule has 0 aliphatic rings. The second-order valence-electron chi connectivity index (χ2n) is 3.14. The Labute approximate surface area is 98.8 Å². The number of hydrogen-bond donors (Lipinski definition) is 2. The minimum atomic E-state index is -4.53. The summed E-state index contributed by atoms with van der Waals surface area (Å²) in [6.45, 7) is 0. The molecule has 1 aromatic heterocycles. The lowest BCUT2D eigenvalue weighted by Crippen LogP contribution is -2.07. The molecule has 2 N–H and O–H groups in total. The van der Waals surface area contributed by atoms with Crippen LogP contribution in [0.1, 0.15) is 5.82 Å². The summed E-state index contributed by atoms with van der Waals surface area (Å²) in [7, 11) is 0. The molecule has 0 atom stereocenters. The second-order valence-corrected chi connectivity index (χ2v) is 3.57. The third kappa shape index (κ3) is 2.88. The average molecular weight is 263 g/mol. The van der Waals surface area contributed by atoms with Crippen LogP contribution < -0.4 is 5.32 Å². The van der Waals surface area contributed by atoms with Crippen LogP contribution in [0.15, 0.2) is 24.3 Å². The van der Waals surface area contributed by atoms with Crippen molar-refractivity contribution in [1.82, 2.24) is 15.2 Å². The van der Waals surface area contributed by atoms with Crippen LogP contribution in [-0.4, -0.2) is 15.2 Å². The number of hydrogen-bond acceptors (Lipinski definition) is 3. The van der Waals surface area contributed by atoms with Gasteiger partial charge in [-0.25, -0.2) is 0 Å². The van der Waals surface area contributed by atoms with Gasteiger partial charge in [0.1, 0.15) is 0 Å². The molecule has 4 nitrogen and oxygen atoms in total. The van der Waals surface area contributed by atoms with Crippen LogP contribution in [0.2, 0.25) is 5.02 Å². The first-order valence-electron chi connectivity index (χ1n) is 4.47. The first-order valence-corrected chi connectivity index (χ1v) is 4.85. The maximum Gasteiger partial charge on any atom is 0.451 e. The summed E-state index contributed by atoms with van der Waals surface area (Å²) in [4.78, 5) is 3.26. The van der Waals surface area contributed by atoms with Crippen LogP contribution in [0.5, 0.6) is 0 Å². The molecule has 0 unspecified atom stereocenters. The topological polar surface area (TPSA) is 53.6 Å². The summed E-state index contributed by atoms with van der Waals surface area (Å²) in [6, 6.07) is 6.40. The maximum absolute atomic E-state index is 12.2. The smallest absolute Gasteiger partial charge is 0.323 e. The lowest BCUT2D eigenvalue weighted by atomic mass is 10.3. The highest BCUT2D eigenvalue weighted by atomic mass is 35.5. The van der Waals surface area contributed by atoms with Gasteiger partial charge in [0.15, 0.2) is 0 Å². The fourth-order valence-corrected chi connectivity index (χ4v) is 1.23. The van der Waals surface area contributed by atoms with Gasteiger partial charge < -0.3 is 5.32 Å². The minimum Gasteiger partial charge on any atom is -0.323 e. The van der Waals surface area contributed by atoms with Crippen molar-refractivity contribution < 1.29 is 13.2 Å². The molecule has 0 aliphatic heterocycles. The molecule has 1 aromatic carbocycles. The number of alkyl halides is 3. The molecular weight excluding hydrogens is 257 g/mol. The molecule has 1 heterocycles. The first kappa shape index (κ1) is 11.7. The van der Waals surface area contributed by atoms with Crippen LogP contribution >= 0.6 is 11.6 Å². The van der Waals surface area contributed by atoms with Crippen LogP contribution in [0, 0.1) is 0 Å². The third-order valence-electron chi connectivity index (χ3n) is 1.85. The van der Waals surface area contributed by atoms with E-state index in [0.717, 1.165) is 0 Å². The SMILES string of the molecule is FC(F)(F)c1nc(Nc2ccc(Cl)cc2)n[nH]1. The summed E-state index contributed by atoms with van der Waals surface area (Å²) >= 11 is 5.66. The largest absolute Gasteiger partial charge is 0.451 e. The lowest BCUT2D eigenvalue weighted by Gasteiger charge is -2.01. The van der Waals surface area contributed by atoms with E-state index >= 15 is 0 Å². The van der Waals surface area contributed by atoms with Crippen LogP contribution in [0.4, 0.5) is 24.8 Å². The van der Waals surface area contributed by atoms with E-state index in [1.807, 2.05) is 0 Å². The first-order chi connectivity index (χ1) is 7.95. The van der Waals surface area contributed by atoms with Gasteiger partial charge in [-0.15, -0.1) is 5.10 Å². The summed E-state index contributed by atoms with van der Waals surface area (Å²) < 4.78 is 36.6. The van der Waals surface area contributed by atoms with Crippen molar-refractivity contribution in [2.75, 3.05) is 5.32 Å². The summed E-state index contributed by atoms with van der Waals surface area (Å²) in [5.41, 5.74) is 0.544. The summed E-state index contributed by atoms with van der Waals surface area (Å²) in [5.74, 6) is -1.30. The van der Waals surface area contributed by atoms with Crippen molar-refractivity contribution in [2.45, 2.75) is 6.18 Å². The number of halogens is 4. The normalized spacial score (nSPS) is 11.5. The number of anilines is 2. The zero-order valence-corrected chi connectivity index (χ0v) is 8.97. The number of aromatic amines is 1. The van der Waals surface area contributed by atoms with E-state index in [4.69, 9.17) is 11.6 Å². The number of nitrogens with zero attached hydrogens (tertiary/aromatic N) is 2. The van der Waals surface area contributed by atoms with Gasteiger partial charge in [-0.3, -0.25) is 5.10 Å². The molecule has 90 valence electrons. The van der Waals surface area contributed by atoms with E-state index in [2.05, 4.69) is 15.4 Å². The molecule has 2 aromatic rings. The summed E-state index contributed by atoms with van der Waals surface area (Å²) in [6.07, 6.45) is -4.53. The Kier molecular flexibility index (Phi) is 2.93. The van der Waals surface area contributed by atoms with Gasteiger partial charge in [0.2, 0.25) is 11.8 Å². The monoisotopic (exact) mass is 262 g/mol. The molecule has 0 saturated carbocycles. The Hall–Kier alpha value is -1.76. The maximum atomic E-state index is 12.2. The zero-order valence-electron chi connectivity index (χ0n) is 8.22. The molecule has 0 aliphatic carbocycles. The van der Waals surface area contributed by atoms with E-state index in [9.17, 15) is 13.2 Å². The fraction of sp³-hybridized carbons (Fsp3) is 0.111. The van der Waals surface area contributed by atoms with Crippen molar-refractivity contribution in [1.29, 1.82) is 0 Å². The van der Waals surface area contributed by atoms with E-state index in [0.29, 0.717) is 10.7 Å². The Bertz CT molecular complexity index is 506. The molecule has 17 heavy (non-hydrogen) atoms. The van der Waals surface area contributed by atoms with Crippen LogP contribution in [0.25, 0.3) is 0 Å². The molecule has 2 rings (SSSR count). The van der Waals surface area contributed by atoms with E-state index in [-0.39, 0.29) is 5.95 Å². The van der Waals surface area contributed by atoms with Crippen LogP contribution in [-0.2, 0) is 6.18 Å². The molecule has 8 heteroatoms. The molecule has 0 fully saturated rings. The van der Waals surface area contributed by atoms with Crippen molar-refractivity contribution in [2.24, 2.45) is 0 Å². The molecule has 0 saturated heterocycles. The average Bonchev–Trinajstić information content (AvgIpc) is 2.69. The van der Waals surface area contributed by atoms with Gasteiger partial charge in [-0.2, -0.15) is 18.2 Å². The Morgan fingerprint density at radius 1 is 1.18 bits per heavy atom. The predicted molar refractivity (Wildman–Crippen MR) is 56.1 cm³/mol. The van der Waals surface area contributed by atoms with Crippen molar-refractivity contribution >= 4 is 23.2 Å². The van der Waals surface area contributed by atoms with Gasteiger partial charge in [0.25, 0.3) is 0 Å². The standard InChI is InChI=1S/C9H6ClF3N4/c10-5-1-3-6(4-2-5)14-8-15-7(16-17-8)9(11,12)13/h1-4H,(H2,14,15,16,17). The summed E-state index contributed by atoms with van der Waals surface area (Å²) in [5, 5.41) is 8.34. The minimum absolute atomic E-state index is 0.153. The third-order valence-corrected chi connectivity index (χ3v) is 2.11. The number of benzene rings is 1. The highest BCUT2D eigenvalue weighted by Crippen LogP contribution is 2.26. The molecule has 0 bridgehead atoms. The van der Waals surface area contributed by atoms with Gasteiger partial charge in [0.05, 0.1) is 0 Å². The Morgan fingerprint density at radius 2 is 1.82 bits per heavy atom. The van der Waals surface area contributed by atoms with Gasteiger partial charge >= 0.3 is 6.18 Å². The van der Waals surface area contributed by atoms with E-state index in [1.54, 1.807) is 29.4 Å². The lowest BCUT2D eigenvalue weighted by molar-refractivity contribution is -0.144. The Balaban J connectivity index is 2.14. The Morgan fingerprint density at radius 3 is 2.35 bits per heavy atom. The predicted octanol–water partition coefficient (Wildman–Crippen LogP) is 3.22. The fourth-order valence-electron chi connectivity index (χ4n) is 1.11. The van der Waals surface area contributed by atoms with E-state index < -0.39 is 12.0 Å². The molecule has 0 radical (unpaired) electrons. The number of rotatable bonds is 2. The molecular formula is C9H6ClF3N4. The molecule has 0 spiro atoms. The van der Waals surface area contributed by atoms with Gasteiger partial charge in [0, 0.05) is 10.7 Å². The van der Waals surface area contributed by atoms with Crippen molar-refractivity contribution in [3.63, 3.8) is 0 Å². The zero-order chi connectivity index (χ0) is 12.5. The van der Waals surface area contributed by atoms with Gasteiger partial charge in [-0.05, 0) is 24.3 Å². The quantitative estimate of drug-likeness (QED) is 0.874. The van der Waals surface area contributed by atoms with E-state index in [1.165, 1.54) is 0 Å². The van der Waals surface area contributed by atoms with Crippen molar-refractivity contribution in [3.8, 4) is 0 Å².